The van der Waals surface area contributed by atoms with E-state index in [1.54, 1.807) is 6.07 Å². The van der Waals surface area contributed by atoms with Crippen molar-refractivity contribution < 1.29 is 9.13 Å². The summed E-state index contributed by atoms with van der Waals surface area (Å²) in [7, 11) is 1.45. The SMILES string of the molecule is CCC(N)(CC)c1ccc(OC)c(F)c1. The topological polar surface area (TPSA) is 35.2 Å². The van der Waals surface area contributed by atoms with Crippen LogP contribution in [0.15, 0.2) is 18.2 Å². The molecule has 0 radical (unpaired) electrons. The Bertz CT molecular complexity index is 334. The monoisotopic (exact) mass is 211 g/mol. The highest BCUT2D eigenvalue weighted by Crippen LogP contribution is 2.28. The van der Waals surface area contributed by atoms with E-state index in [4.69, 9.17) is 10.5 Å². The van der Waals surface area contributed by atoms with Gasteiger partial charge in [0.15, 0.2) is 11.6 Å². The summed E-state index contributed by atoms with van der Waals surface area (Å²) in [4.78, 5) is 0. The molecule has 0 bridgehead atoms. The standard InChI is InChI=1S/C12H18FNO/c1-4-12(14,5-2)9-6-7-11(15-3)10(13)8-9/h6-8H,4-5,14H2,1-3H3. The molecule has 1 aromatic rings. The van der Waals surface area contributed by atoms with Crippen molar-refractivity contribution in [1.82, 2.24) is 0 Å². The second-order valence-corrected chi connectivity index (χ2v) is 3.71. The van der Waals surface area contributed by atoms with Gasteiger partial charge in [-0.05, 0) is 30.5 Å². The van der Waals surface area contributed by atoms with Gasteiger partial charge in [-0.1, -0.05) is 19.9 Å². The molecule has 0 aliphatic heterocycles. The molecule has 0 saturated heterocycles. The molecule has 3 heteroatoms. The lowest BCUT2D eigenvalue weighted by molar-refractivity contribution is 0.379. The maximum absolute atomic E-state index is 13.5. The molecule has 0 spiro atoms. The fourth-order valence-electron chi connectivity index (χ4n) is 1.63. The van der Waals surface area contributed by atoms with Gasteiger partial charge in [0.25, 0.3) is 0 Å². The van der Waals surface area contributed by atoms with E-state index in [1.807, 2.05) is 19.9 Å². The fourth-order valence-corrected chi connectivity index (χ4v) is 1.63. The average Bonchev–Trinajstić information content (AvgIpc) is 2.28. The summed E-state index contributed by atoms with van der Waals surface area (Å²) in [5, 5.41) is 0. The maximum atomic E-state index is 13.5. The Hall–Kier alpha value is -1.09. The Morgan fingerprint density at radius 2 is 1.93 bits per heavy atom. The van der Waals surface area contributed by atoms with Crippen LogP contribution in [0, 0.1) is 5.82 Å². The molecule has 0 heterocycles. The van der Waals surface area contributed by atoms with Gasteiger partial charge in [0.1, 0.15) is 0 Å². The molecule has 0 aliphatic carbocycles. The summed E-state index contributed by atoms with van der Waals surface area (Å²) in [5.41, 5.74) is 6.56. The van der Waals surface area contributed by atoms with Crippen LogP contribution < -0.4 is 10.5 Å². The molecular weight excluding hydrogens is 193 g/mol. The van der Waals surface area contributed by atoms with Crippen molar-refractivity contribution in [2.24, 2.45) is 5.73 Å². The number of benzene rings is 1. The third-order valence-electron chi connectivity index (χ3n) is 2.99. The summed E-state index contributed by atoms with van der Waals surface area (Å²) in [6.07, 6.45) is 1.57. The van der Waals surface area contributed by atoms with Crippen LogP contribution >= 0.6 is 0 Å². The molecule has 0 unspecified atom stereocenters. The van der Waals surface area contributed by atoms with Crippen molar-refractivity contribution >= 4 is 0 Å². The van der Waals surface area contributed by atoms with Crippen LogP contribution in [-0.4, -0.2) is 7.11 Å². The van der Waals surface area contributed by atoms with E-state index >= 15 is 0 Å². The first-order valence-corrected chi connectivity index (χ1v) is 5.20. The van der Waals surface area contributed by atoms with Crippen LogP contribution in [0.5, 0.6) is 5.75 Å². The molecule has 0 fully saturated rings. The first-order chi connectivity index (χ1) is 7.07. The number of ether oxygens (including phenoxy) is 1. The number of hydrogen-bond donors (Lipinski definition) is 1. The van der Waals surface area contributed by atoms with E-state index in [1.165, 1.54) is 13.2 Å². The highest BCUT2D eigenvalue weighted by atomic mass is 19.1. The van der Waals surface area contributed by atoms with E-state index < -0.39 is 5.54 Å². The molecule has 1 rings (SSSR count). The zero-order valence-electron chi connectivity index (χ0n) is 9.51. The second kappa shape index (κ2) is 4.62. The number of methoxy groups -OCH3 is 1. The third-order valence-corrected chi connectivity index (χ3v) is 2.99. The van der Waals surface area contributed by atoms with Gasteiger partial charge >= 0.3 is 0 Å². The van der Waals surface area contributed by atoms with E-state index in [0.29, 0.717) is 0 Å². The van der Waals surface area contributed by atoms with Crippen LogP contribution in [0.25, 0.3) is 0 Å². The number of halogens is 1. The van der Waals surface area contributed by atoms with Gasteiger partial charge < -0.3 is 10.5 Å². The smallest absolute Gasteiger partial charge is 0.165 e. The molecule has 2 nitrogen and oxygen atoms in total. The summed E-state index contributed by atoms with van der Waals surface area (Å²) in [5.74, 6) is -0.0972. The Morgan fingerprint density at radius 1 is 1.33 bits per heavy atom. The molecule has 1 aromatic carbocycles. The van der Waals surface area contributed by atoms with Crippen molar-refractivity contribution in [3.05, 3.63) is 29.6 Å². The van der Waals surface area contributed by atoms with Gasteiger partial charge in [-0.15, -0.1) is 0 Å². The number of hydrogen-bond acceptors (Lipinski definition) is 2. The lowest BCUT2D eigenvalue weighted by atomic mass is 9.86. The van der Waals surface area contributed by atoms with E-state index in [2.05, 4.69) is 0 Å². The van der Waals surface area contributed by atoms with Crippen LogP contribution in [0.4, 0.5) is 4.39 Å². The van der Waals surface area contributed by atoms with E-state index in [-0.39, 0.29) is 11.6 Å². The quantitative estimate of drug-likeness (QED) is 0.831. The first-order valence-electron chi connectivity index (χ1n) is 5.20. The van der Waals surface area contributed by atoms with Crippen molar-refractivity contribution in [2.45, 2.75) is 32.2 Å². The summed E-state index contributed by atoms with van der Waals surface area (Å²) in [6, 6.07) is 4.92. The molecule has 2 N–H and O–H groups in total. The summed E-state index contributed by atoms with van der Waals surface area (Å²) >= 11 is 0. The highest BCUT2D eigenvalue weighted by molar-refractivity contribution is 5.33. The Balaban J connectivity index is 3.11. The van der Waals surface area contributed by atoms with Gasteiger partial charge in [0.2, 0.25) is 0 Å². The van der Waals surface area contributed by atoms with Crippen molar-refractivity contribution in [3.63, 3.8) is 0 Å². The largest absolute Gasteiger partial charge is 0.494 e. The van der Waals surface area contributed by atoms with Crippen molar-refractivity contribution in [3.8, 4) is 5.75 Å². The Morgan fingerprint density at radius 3 is 2.33 bits per heavy atom. The van der Waals surface area contributed by atoms with Crippen molar-refractivity contribution in [1.29, 1.82) is 0 Å². The highest BCUT2D eigenvalue weighted by Gasteiger charge is 2.23. The van der Waals surface area contributed by atoms with Gasteiger partial charge in [0, 0.05) is 5.54 Å². The van der Waals surface area contributed by atoms with Gasteiger partial charge in [-0.3, -0.25) is 0 Å². The number of nitrogens with two attached hydrogens (primary N) is 1. The lowest BCUT2D eigenvalue weighted by Gasteiger charge is -2.27. The molecule has 0 aliphatic rings. The van der Waals surface area contributed by atoms with Crippen molar-refractivity contribution in [2.75, 3.05) is 7.11 Å². The van der Waals surface area contributed by atoms with E-state index in [9.17, 15) is 4.39 Å². The zero-order chi connectivity index (χ0) is 11.5. The summed E-state index contributed by atoms with van der Waals surface area (Å²) in [6.45, 7) is 4.01. The van der Waals surface area contributed by atoms with Crippen LogP contribution in [0.3, 0.4) is 0 Å². The predicted molar refractivity (Wildman–Crippen MR) is 59.4 cm³/mol. The van der Waals surface area contributed by atoms with Crippen LogP contribution in [0.2, 0.25) is 0 Å². The van der Waals surface area contributed by atoms with Crippen LogP contribution in [-0.2, 0) is 5.54 Å². The lowest BCUT2D eigenvalue weighted by Crippen LogP contribution is -2.35. The normalized spacial score (nSPS) is 11.5. The Kier molecular flexibility index (Phi) is 3.69. The third kappa shape index (κ3) is 2.29. The Labute approximate surface area is 90.2 Å². The molecule has 0 atom stereocenters. The van der Waals surface area contributed by atoms with Crippen LogP contribution in [0.1, 0.15) is 32.3 Å². The maximum Gasteiger partial charge on any atom is 0.165 e. The fraction of sp³-hybridized carbons (Fsp3) is 0.500. The number of rotatable bonds is 4. The predicted octanol–water partition coefficient (Wildman–Crippen LogP) is 2.81. The zero-order valence-corrected chi connectivity index (χ0v) is 9.51. The molecule has 0 amide bonds. The minimum atomic E-state index is -0.437. The molecule has 0 aromatic heterocycles. The van der Waals surface area contributed by atoms with Gasteiger partial charge in [0.05, 0.1) is 7.11 Å². The average molecular weight is 211 g/mol. The van der Waals surface area contributed by atoms with Gasteiger partial charge in [-0.2, -0.15) is 0 Å². The van der Waals surface area contributed by atoms with Gasteiger partial charge in [-0.25, -0.2) is 4.39 Å². The molecule has 15 heavy (non-hydrogen) atoms. The molecular formula is C12H18FNO. The first kappa shape index (κ1) is 12.0. The molecule has 0 saturated carbocycles. The van der Waals surface area contributed by atoms with E-state index in [0.717, 1.165) is 18.4 Å². The minimum Gasteiger partial charge on any atom is -0.494 e. The minimum absolute atomic E-state index is 0.258. The second-order valence-electron chi connectivity index (χ2n) is 3.71. The molecule has 84 valence electrons. The summed E-state index contributed by atoms with van der Waals surface area (Å²) < 4.78 is 18.3.